The molecule has 3 N–H and O–H groups in total. The van der Waals surface area contributed by atoms with Crippen LogP contribution in [0.1, 0.15) is 32.4 Å². The number of anilines is 2. The lowest BCUT2D eigenvalue weighted by atomic mass is 10.3. The molecule has 0 saturated carbocycles. The number of aliphatic hydroxyl groups excluding tert-OH is 1. The molecule has 0 fully saturated rings. The van der Waals surface area contributed by atoms with Gasteiger partial charge in [0.2, 0.25) is 0 Å². The van der Waals surface area contributed by atoms with Gasteiger partial charge in [-0.25, -0.2) is 4.68 Å². The monoisotopic (exact) mass is 240 g/mol. The maximum Gasteiger partial charge on any atom is 0.150 e. The second kappa shape index (κ2) is 6.49. The standard InChI is InChI=1S/C12H24N4O/c1-4-6-7-15(8-9-17)12-11(13)10(3)14-16(12)5-2/h17H,4-9,13H2,1-3H3. The van der Waals surface area contributed by atoms with E-state index in [9.17, 15) is 0 Å². The summed E-state index contributed by atoms with van der Waals surface area (Å²) in [5.74, 6) is 0.951. The SMILES string of the molecule is CCCCN(CCO)c1c(N)c(C)nn1CC. The molecular formula is C12H24N4O. The van der Waals surface area contributed by atoms with Crippen LogP contribution < -0.4 is 10.6 Å². The molecule has 0 saturated heterocycles. The number of hydrogen-bond donors (Lipinski definition) is 2. The van der Waals surface area contributed by atoms with Crippen LogP contribution in [0, 0.1) is 6.92 Å². The van der Waals surface area contributed by atoms with Crippen LogP contribution in [0.5, 0.6) is 0 Å². The van der Waals surface area contributed by atoms with Crippen molar-refractivity contribution in [3.63, 3.8) is 0 Å². The van der Waals surface area contributed by atoms with Gasteiger partial charge in [0, 0.05) is 19.6 Å². The highest BCUT2D eigenvalue weighted by molar-refractivity contribution is 5.66. The molecule has 1 aromatic heterocycles. The van der Waals surface area contributed by atoms with Gasteiger partial charge in [0.1, 0.15) is 0 Å². The van der Waals surface area contributed by atoms with E-state index in [1.54, 1.807) is 0 Å². The van der Waals surface area contributed by atoms with E-state index in [-0.39, 0.29) is 6.61 Å². The van der Waals surface area contributed by atoms with E-state index in [4.69, 9.17) is 10.8 Å². The Bertz CT molecular complexity index is 349. The summed E-state index contributed by atoms with van der Waals surface area (Å²) in [5.41, 5.74) is 7.67. The first-order chi connectivity index (χ1) is 8.15. The number of aromatic nitrogens is 2. The zero-order valence-electron chi connectivity index (χ0n) is 11.1. The molecule has 0 aliphatic rings. The maximum atomic E-state index is 9.15. The molecule has 0 spiro atoms. The van der Waals surface area contributed by atoms with Crippen LogP contribution in [0.4, 0.5) is 11.5 Å². The first kappa shape index (κ1) is 13.8. The molecule has 17 heavy (non-hydrogen) atoms. The summed E-state index contributed by atoms with van der Waals surface area (Å²) in [7, 11) is 0. The van der Waals surface area contributed by atoms with Crippen LogP contribution in [-0.4, -0.2) is 34.6 Å². The van der Waals surface area contributed by atoms with E-state index in [1.807, 2.05) is 18.5 Å². The van der Waals surface area contributed by atoms with Crippen molar-refractivity contribution >= 4 is 11.5 Å². The van der Waals surface area contributed by atoms with E-state index in [0.29, 0.717) is 6.54 Å². The van der Waals surface area contributed by atoms with Gasteiger partial charge in [-0.1, -0.05) is 13.3 Å². The molecule has 0 aromatic carbocycles. The number of unbranched alkanes of at least 4 members (excludes halogenated alkanes) is 1. The lowest BCUT2D eigenvalue weighted by Gasteiger charge is -2.24. The third kappa shape index (κ3) is 3.12. The quantitative estimate of drug-likeness (QED) is 0.756. The molecule has 1 rings (SSSR count). The van der Waals surface area contributed by atoms with Gasteiger partial charge < -0.3 is 15.7 Å². The summed E-state index contributed by atoms with van der Waals surface area (Å²) >= 11 is 0. The van der Waals surface area contributed by atoms with Gasteiger partial charge >= 0.3 is 0 Å². The lowest BCUT2D eigenvalue weighted by Crippen LogP contribution is -2.30. The molecule has 0 atom stereocenters. The lowest BCUT2D eigenvalue weighted by molar-refractivity contribution is 0.300. The zero-order chi connectivity index (χ0) is 12.8. The van der Waals surface area contributed by atoms with Crippen molar-refractivity contribution in [1.29, 1.82) is 0 Å². The van der Waals surface area contributed by atoms with E-state index in [1.165, 1.54) is 0 Å². The molecule has 0 unspecified atom stereocenters. The van der Waals surface area contributed by atoms with E-state index in [0.717, 1.165) is 43.1 Å². The number of hydrogen-bond acceptors (Lipinski definition) is 4. The average Bonchev–Trinajstić information content (AvgIpc) is 2.61. The van der Waals surface area contributed by atoms with Gasteiger partial charge in [0.05, 0.1) is 18.0 Å². The Hall–Kier alpha value is -1.23. The fraction of sp³-hybridized carbons (Fsp3) is 0.750. The summed E-state index contributed by atoms with van der Waals surface area (Å²) in [5, 5.41) is 13.6. The molecule has 1 aromatic rings. The van der Waals surface area contributed by atoms with Gasteiger partial charge in [-0.05, 0) is 20.3 Å². The molecule has 1 heterocycles. The zero-order valence-corrected chi connectivity index (χ0v) is 11.1. The molecule has 0 aliphatic carbocycles. The second-order valence-electron chi connectivity index (χ2n) is 4.20. The van der Waals surface area contributed by atoms with Crippen LogP contribution in [0.3, 0.4) is 0 Å². The topological polar surface area (TPSA) is 67.3 Å². The van der Waals surface area contributed by atoms with Gasteiger partial charge in [-0.15, -0.1) is 0 Å². The van der Waals surface area contributed by atoms with Crippen molar-refractivity contribution in [2.75, 3.05) is 30.3 Å². The first-order valence-electron chi connectivity index (χ1n) is 6.34. The summed E-state index contributed by atoms with van der Waals surface area (Å²) in [6.07, 6.45) is 2.22. The number of rotatable bonds is 7. The Morgan fingerprint density at radius 3 is 2.59 bits per heavy atom. The number of nitrogen functional groups attached to an aromatic ring is 1. The molecule has 0 bridgehead atoms. The third-order valence-electron chi connectivity index (χ3n) is 2.90. The van der Waals surface area contributed by atoms with Gasteiger partial charge in [0.25, 0.3) is 0 Å². The summed E-state index contributed by atoms with van der Waals surface area (Å²) < 4.78 is 1.91. The molecular weight excluding hydrogens is 216 g/mol. The second-order valence-corrected chi connectivity index (χ2v) is 4.20. The fourth-order valence-electron chi connectivity index (χ4n) is 1.93. The van der Waals surface area contributed by atoms with Crippen LogP contribution >= 0.6 is 0 Å². The van der Waals surface area contributed by atoms with Crippen LogP contribution in [0.25, 0.3) is 0 Å². The highest BCUT2D eigenvalue weighted by Gasteiger charge is 2.17. The van der Waals surface area contributed by atoms with Crippen molar-refractivity contribution in [1.82, 2.24) is 9.78 Å². The van der Waals surface area contributed by atoms with Crippen LogP contribution in [-0.2, 0) is 6.54 Å². The van der Waals surface area contributed by atoms with Crippen LogP contribution in [0.2, 0.25) is 0 Å². The molecule has 0 radical (unpaired) electrons. The van der Waals surface area contributed by atoms with Crippen LogP contribution in [0.15, 0.2) is 0 Å². The Kier molecular flexibility index (Phi) is 5.28. The smallest absolute Gasteiger partial charge is 0.150 e. The van der Waals surface area contributed by atoms with Crippen molar-refractivity contribution in [2.45, 2.75) is 40.2 Å². The molecule has 98 valence electrons. The summed E-state index contributed by atoms with van der Waals surface area (Å²) in [4.78, 5) is 2.13. The van der Waals surface area contributed by atoms with Gasteiger partial charge in [0.15, 0.2) is 5.82 Å². The summed E-state index contributed by atoms with van der Waals surface area (Å²) in [6.45, 7) is 8.57. The number of nitrogens with zero attached hydrogens (tertiary/aromatic N) is 3. The van der Waals surface area contributed by atoms with E-state index >= 15 is 0 Å². The minimum atomic E-state index is 0.136. The minimum Gasteiger partial charge on any atom is -0.395 e. The Labute approximate surface area is 103 Å². The van der Waals surface area contributed by atoms with Crippen molar-refractivity contribution < 1.29 is 5.11 Å². The largest absolute Gasteiger partial charge is 0.395 e. The predicted molar refractivity (Wildman–Crippen MR) is 71.3 cm³/mol. The average molecular weight is 240 g/mol. The van der Waals surface area contributed by atoms with Gasteiger partial charge in [-0.3, -0.25) is 0 Å². The maximum absolute atomic E-state index is 9.15. The molecule has 5 nitrogen and oxygen atoms in total. The fourth-order valence-corrected chi connectivity index (χ4v) is 1.93. The molecule has 0 aliphatic heterocycles. The number of aryl methyl sites for hydroxylation is 2. The number of aliphatic hydroxyl groups is 1. The Balaban J connectivity index is 2.98. The highest BCUT2D eigenvalue weighted by Crippen LogP contribution is 2.26. The van der Waals surface area contributed by atoms with Crippen molar-refractivity contribution in [3.8, 4) is 0 Å². The molecule has 5 heteroatoms. The van der Waals surface area contributed by atoms with Gasteiger partial charge in [-0.2, -0.15) is 5.10 Å². The number of nitrogens with two attached hydrogens (primary N) is 1. The normalized spacial score (nSPS) is 10.8. The highest BCUT2D eigenvalue weighted by atomic mass is 16.3. The minimum absolute atomic E-state index is 0.136. The van der Waals surface area contributed by atoms with E-state index in [2.05, 4.69) is 16.9 Å². The van der Waals surface area contributed by atoms with Crippen molar-refractivity contribution in [2.24, 2.45) is 0 Å². The summed E-state index contributed by atoms with van der Waals surface area (Å²) in [6, 6.07) is 0. The predicted octanol–water partition coefficient (Wildman–Crippen LogP) is 1.39. The van der Waals surface area contributed by atoms with E-state index < -0.39 is 0 Å². The Morgan fingerprint density at radius 2 is 2.06 bits per heavy atom. The first-order valence-corrected chi connectivity index (χ1v) is 6.34. The van der Waals surface area contributed by atoms with Crippen molar-refractivity contribution in [3.05, 3.63) is 5.69 Å². The third-order valence-corrected chi connectivity index (χ3v) is 2.90. The Morgan fingerprint density at radius 1 is 1.35 bits per heavy atom. The molecule has 0 amide bonds.